The third-order valence-electron chi connectivity index (χ3n) is 6.22. The molecule has 3 aromatic rings. The van der Waals surface area contributed by atoms with Gasteiger partial charge in [0.15, 0.2) is 0 Å². The minimum absolute atomic E-state index is 0.124. The number of piperidine rings is 1. The van der Waals surface area contributed by atoms with Gasteiger partial charge in [-0.3, -0.25) is 4.90 Å². The lowest BCUT2D eigenvalue weighted by molar-refractivity contribution is -0.185. The molecule has 0 radical (unpaired) electrons. The van der Waals surface area contributed by atoms with Gasteiger partial charge in [0.05, 0.1) is 15.9 Å². The predicted octanol–water partition coefficient (Wildman–Crippen LogP) is 5.57. The third kappa shape index (κ3) is 4.61. The Morgan fingerprint density at radius 3 is 2.59 bits per heavy atom. The summed E-state index contributed by atoms with van der Waals surface area (Å²) in [5.74, 6) is 0.494. The topological polar surface area (TPSA) is 56.1 Å². The van der Waals surface area contributed by atoms with E-state index in [0.717, 1.165) is 23.1 Å². The number of alkyl halides is 3. The number of fused-ring (bicyclic) bond motifs is 1. The van der Waals surface area contributed by atoms with E-state index in [0.29, 0.717) is 41.7 Å². The molecular formula is C22H23BrF3N5O. The Morgan fingerprint density at radius 2 is 1.88 bits per heavy atom. The number of likely N-dealkylation sites (tertiary alicyclic amines) is 1. The Labute approximate surface area is 191 Å². The van der Waals surface area contributed by atoms with Gasteiger partial charge in [-0.1, -0.05) is 11.3 Å². The molecule has 6 nitrogen and oxygen atoms in total. The summed E-state index contributed by atoms with van der Waals surface area (Å²) in [4.78, 5) is 6.40. The maximum absolute atomic E-state index is 13.0. The molecule has 0 N–H and O–H groups in total. The highest BCUT2D eigenvalue weighted by molar-refractivity contribution is 9.10. The Hall–Kier alpha value is -2.20. The second kappa shape index (κ2) is 8.62. The van der Waals surface area contributed by atoms with Crippen LogP contribution >= 0.6 is 15.9 Å². The van der Waals surface area contributed by atoms with Crippen LogP contribution in [0.1, 0.15) is 31.2 Å². The number of halogens is 4. The summed E-state index contributed by atoms with van der Waals surface area (Å²) in [5, 5.41) is 8.59. The molecule has 5 rings (SSSR count). The highest BCUT2D eigenvalue weighted by Gasteiger charge is 2.41. The zero-order chi connectivity index (χ0) is 22.3. The van der Waals surface area contributed by atoms with Crippen molar-refractivity contribution in [3.8, 4) is 11.6 Å². The van der Waals surface area contributed by atoms with Crippen LogP contribution in [0.25, 0.3) is 11.0 Å². The van der Waals surface area contributed by atoms with Gasteiger partial charge in [-0.05, 0) is 78.8 Å². The highest BCUT2D eigenvalue weighted by atomic mass is 79.9. The summed E-state index contributed by atoms with van der Waals surface area (Å²) in [6.07, 6.45) is 0.255. The van der Waals surface area contributed by atoms with E-state index in [1.165, 1.54) is 12.8 Å². The van der Waals surface area contributed by atoms with E-state index in [2.05, 4.69) is 31.2 Å². The first-order valence-electron chi connectivity index (χ1n) is 10.8. The van der Waals surface area contributed by atoms with Crippen LogP contribution in [0.15, 0.2) is 34.9 Å². The number of benzene rings is 1. The molecule has 0 atom stereocenters. The molecule has 1 saturated carbocycles. The largest absolute Gasteiger partial charge is 0.437 e. The molecule has 1 aliphatic carbocycles. The number of hydrogen-bond acceptors (Lipinski definition) is 5. The van der Waals surface area contributed by atoms with Crippen molar-refractivity contribution in [2.45, 2.75) is 44.9 Å². The van der Waals surface area contributed by atoms with E-state index in [9.17, 15) is 13.2 Å². The molecule has 32 heavy (non-hydrogen) atoms. The van der Waals surface area contributed by atoms with Crippen LogP contribution in [-0.2, 0) is 13.1 Å². The fraction of sp³-hybridized carbons (Fsp3) is 0.500. The van der Waals surface area contributed by atoms with E-state index >= 15 is 0 Å². The smallest absolute Gasteiger partial charge is 0.391 e. The lowest BCUT2D eigenvalue weighted by atomic mass is 9.96. The van der Waals surface area contributed by atoms with E-state index < -0.39 is 12.1 Å². The van der Waals surface area contributed by atoms with Gasteiger partial charge in [0, 0.05) is 24.8 Å². The molecule has 170 valence electrons. The zero-order valence-electron chi connectivity index (χ0n) is 17.4. The van der Waals surface area contributed by atoms with Crippen molar-refractivity contribution in [1.82, 2.24) is 24.9 Å². The number of hydrogen-bond donors (Lipinski definition) is 0. The fourth-order valence-electron chi connectivity index (χ4n) is 4.14. The van der Waals surface area contributed by atoms with Crippen molar-refractivity contribution in [1.29, 1.82) is 0 Å². The minimum Gasteiger partial charge on any atom is -0.437 e. The first-order valence-corrected chi connectivity index (χ1v) is 11.6. The van der Waals surface area contributed by atoms with Gasteiger partial charge < -0.3 is 4.74 Å². The summed E-state index contributed by atoms with van der Waals surface area (Å²) >= 11 is 3.60. The van der Waals surface area contributed by atoms with Gasteiger partial charge >= 0.3 is 6.18 Å². The molecule has 0 spiro atoms. The van der Waals surface area contributed by atoms with Gasteiger partial charge in [-0.2, -0.15) is 13.2 Å². The van der Waals surface area contributed by atoms with Crippen LogP contribution in [0.4, 0.5) is 13.2 Å². The third-order valence-corrected chi connectivity index (χ3v) is 6.99. The van der Waals surface area contributed by atoms with E-state index in [1.807, 2.05) is 33.8 Å². The van der Waals surface area contributed by atoms with Gasteiger partial charge in [0.25, 0.3) is 0 Å². The van der Waals surface area contributed by atoms with Crippen molar-refractivity contribution in [3.63, 3.8) is 0 Å². The summed E-state index contributed by atoms with van der Waals surface area (Å²) in [7, 11) is 0. The second-order valence-electron chi connectivity index (χ2n) is 8.62. The number of nitrogens with zero attached hydrogens (tertiary/aromatic N) is 5. The molecule has 10 heteroatoms. The molecule has 0 unspecified atom stereocenters. The Morgan fingerprint density at radius 1 is 1.09 bits per heavy atom. The van der Waals surface area contributed by atoms with Crippen LogP contribution in [-0.4, -0.2) is 44.1 Å². The Kier molecular flexibility index (Phi) is 5.83. The van der Waals surface area contributed by atoms with E-state index in [1.54, 1.807) is 6.20 Å². The number of pyridine rings is 1. The molecule has 2 fully saturated rings. The molecule has 2 aromatic heterocycles. The second-order valence-corrected chi connectivity index (χ2v) is 9.42. The standard InChI is InChI=1S/C22H23BrF3N5O/c23-19-18(6-5-17-20(19)28-29-31(17)12-14-3-4-14)32-21-15(2-1-9-27-21)13-30-10-7-16(8-11-30)22(24,25)26/h1-2,5-6,9,14,16H,3-4,7-8,10-13H2. The summed E-state index contributed by atoms with van der Waals surface area (Å²) < 4.78 is 47.6. The van der Waals surface area contributed by atoms with Crippen molar-refractivity contribution in [2.75, 3.05) is 13.1 Å². The molecule has 2 aliphatic rings. The minimum atomic E-state index is -4.11. The number of aromatic nitrogens is 4. The molecule has 0 amide bonds. The normalized spacial score (nSPS) is 18.4. The maximum atomic E-state index is 13.0. The highest BCUT2D eigenvalue weighted by Crippen LogP contribution is 2.38. The molecule has 1 saturated heterocycles. The molecule has 3 heterocycles. The van der Waals surface area contributed by atoms with E-state index in [4.69, 9.17) is 4.74 Å². The first kappa shape index (κ1) is 21.6. The quantitative estimate of drug-likeness (QED) is 0.435. The van der Waals surface area contributed by atoms with Crippen LogP contribution in [0.5, 0.6) is 11.6 Å². The summed E-state index contributed by atoms with van der Waals surface area (Å²) in [6, 6.07) is 7.53. The summed E-state index contributed by atoms with van der Waals surface area (Å²) in [6.45, 7) is 2.17. The van der Waals surface area contributed by atoms with Gasteiger partial charge in [-0.25, -0.2) is 9.67 Å². The van der Waals surface area contributed by atoms with Crippen LogP contribution in [0, 0.1) is 11.8 Å². The lowest BCUT2D eigenvalue weighted by Gasteiger charge is -2.33. The van der Waals surface area contributed by atoms with Gasteiger partial charge in [-0.15, -0.1) is 5.10 Å². The van der Waals surface area contributed by atoms with Crippen molar-refractivity contribution in [2.24, 2.45) is 11.8 Å². The average molecular weight is 510 g/mol. The molecule has 1 aliphatic heterocycles. The average Bonchev–Trinajstić information content (AvgIpc) is 3.49. The lowest BCUT2D eigenvalue weighted by Crippen LogP contribution is -2.38. The predicted molar refractivity (Wildman–Crippen MR) is 116 cm³/mol. The zero-order valence-corrected chi connectivity index (χ0v) is 18.9. The van der Waals surface area contributed by atoms with Crippen molar-refractivity contribution >= 4 is 27.0 Å². The first-order chi connectivity index (χ1) is 15.4. The fourth-order valence-corrected chi connectivity index (χ4v) is 4.64. The van der Waals surface area contributed by atoms with Gasteiger partial charge in [0.1, 0.15) is 11.3 Å². The van der Waals surface area contributed by atoms with Crippen LogP contribution in [0.3, 0.4) is 0 Å². The Bertz CT molecular complexity index is 1110. The van der Waals surface area contributed by atoms with Gasteiger partial charge in [0.2, 0.25) is 5.88 Å². The number of rotatable bonds is 6. The van der Waals surface area contributed by atoms with E-state index in [-0.39, 0.29) is 12.8 Å². The van der Waals surface area contributed by atoms with Crippen LogP contribution in [0.2, 0.25) is 0 Å². The monoisotopic (exact) mass is 509 g/mol. The summed E-state index contributed by atoms with van der Waals surface area (Å²) in [5.41, 5.74) is 2.52. The van der Waals surface area contributed by atoms with Crippen molar-refractivity contribution in [3.05, 3.63) is 40.5 Å². The number of ether oxygens (including phenoxy) is 1. The molecular weight excluding hydrogens is 487 g/mol. The van der Waals surface area contributed by atoms with Crippen LogP contribution < -0.4 is 4.74 Å². The SMILES string of the molecule is FC(F)(F)C1CCN(Cc2cccnc2Oc2ccc3c(nnn3CC3CC3)c2Br)CC1. The molecule has 0 bridgehead atoms. The maximum Gasteiger partial charge on any atom is 0.391 e. The van der Waals surface area contributed by atoms with Crippen molar-refractivity contribution < 1.29 is 17.9 Å². The molecule has 1 aromatic carbocycles. The Balaban J connectivity index is 1.31.